The predicted octanol–water partition coefficient (Wildman–Crippen LogP) is 4.21. The molecule has 0 atom stereocenters. The van der Waals surface area contributed by atoms with E-state index in [1.54, 1.807) is 23.6 Å². The Bertz CT molecular complexity index is 1000. The summed E-state index contributed by atoms with van der Waals surface area (Å²) in [5.74, 6) is -0.750. The van der Waals surface area contributed by atoms with Crippen LogP contribution < -0.4 is 4.90 Å². The minimum absolute atomic E-state index is 0.0332. The lowest BCUT2D eigenvalue weighted by atomic mass is 10.0. The molecule has 1 heterocycles. The number of likely N-dealkylation sites (N-methyl/N-ethyl adjacent to an activating group) is 1. The normalized spacial score (nSPS) is 11.1. The van der Waals surface area contributed by atoms with Crippen molar-refractivity contribution in [3.63, 3.8) is 0 Å². The first-order valence-corrected chi connectivity index (χ1v) is 8.97. The number of benzene rings is 2. The van der Waals surface area contributed by atoms with E-state index < -0.39 is 5.97 Å². The fourth-order valence-corrected chi connectivity index (χ4v) is 3.42. The number of rotatable bonds is 5. The number of carbonyl (C=O) groups excluding carboxylic acids is 1. The van der Waals surface area contributed by atoms with Crippen LogP contribution in [0.5, 0.6) is 0 Å². The maximum absolute atomic E-state index is 12.9. The molecule has 0 aliphatic rings. The Labute approximate surface area is 158 Å². The van der Waals surface area contributed by atoms with Crippen LogP contribution in [0.4, 0.5) is 5.69 Å². The maximum atomic E-state index is 12.9. The van der Waals surface area contributed by atoms with Gasteiger partial charge in [0, 0.05) is 36.2 Å². The average Bonchev–Trinajstić information content (AvgIpc) is 2.93. The number of para-hydroxylation sites is 1. The number of hydrogen-bond donors (Lipinski definition) is 1. The van der Waals surface area contributed by atoms with Crippen molar-refractivity contribution in [1.29, 1.82) is 0 Å². The quantitative estimate of drug-likeness (QED) is 0.738. The molecule has 5 heteroatoms. The molecule has 0 spiro atoms. The number of aromatic carboxylic acids is 1. The number of aromatic nitrogens is 1. The molecule has 0 bridgehead atoms. The minimum Gasteiger partial charge on any atom is -0.477 e. The Morgan fingerprint density at radius 3 is 2.30 bits per heavy atom. The topological polar surface area (TPSA) is 62.5 Å². The maximum Gasteiger partial charge on any atom is 0.352 e. The molecule has 1 aromatic heterocycles. The van der Waals surface area contributed by atoms with Gasteiger partial charge >= 0.3 is 5.97 Å². The highest BCUT2D eigenvalue weighted by atomic mass is 16.4. The number of nitrogens with zero attached hydrogens (tertiary/aromatic N) is 2. The molecule has 140 valence electrons. The highest BCUT2D eigenvalue weighted by Gasteiger charge is 2.23. The van der Waals surface area contributed by atoms with E-state index >= 15 is 0 Å². The van der Waals surface area contributed by atoms with E-state index in [1.165, 1.54) is 5.56 Å². The van der Waals surface area contributed by atoms with Crippen molar-refractivity contribution in [2.24, 2.45) is 7.05 Å². The van der Waals surface area contributed by atoms with Gasteiger partial charge in [-0.05, 0) is 29.7 Å². The van der Waals surface area contributed by atoms with Gasteiger partial charge in [0.15, 0.2) is 0 Å². The highest BCUT2D eigenvalue weighted by Crippen LogP contribution is 2.27. The molecule has 0 aliphatic carbocycles. The van der Waals surface area contributed by atoms with Crippen LogP contribution in [-0.4, -0.2) is 28.6 Å². The minimum atomic E-state index is -1.03. The summed E-state index contributed by atoms with van der Waals surface area (Å²) in [4.78, 5) is 26.3. The summed E-state index contributed by atoms with van der Waals surface area (Å²) >= 11 is 0. The van der Waals surface area contributed by atoms with Crippen molar-refractivity contribution >= 4 is 28.5 Å². The molecule has 0 unspecified atom stereocenters. The second-order valence-electron chi connectivity index (χ2n) is 7.08. The number of carbonyl (C=O) groups is 2. The zero-order chi connectivity index (χ0) is 19.7. The number of amides is 1. The van der Waals surface area contributed by atoms with Gasteiger partial charge in [0.2, 0.25) is 5.91 Å². The molecular weight excluding hydrogens is 340 g/mol. The standard InChI is InChI=1S/C22H24N2O3/c1-14(2)15-9-11-16(12-10-15)23(3)20(25)13-18-17-7-5-6-8-19(17)24(4)21(18)22(26)27/h5-12,14H,13H2,1-4H3,(H,26,27). The van der Waals surface area contributed by atoms with Crippen molar-refractivity contribution in [3.05, 3.63) is 65.4 Å². The van der Waals surface area contributed by atoms with Crippen molar-refractivity contribution in [3.8, 4) is 0 Å². The first kappa shape index (κ1) is 18.7. The summed E-state index contributed by atoms with van der Waals surface area (Å²) < 4.78 is 1.64. The van der Waals surface area contributed by atoms with Crippen LogP contribution in [0.1, 0.15) is 41.4 Å². The third-order valence-corrected chi connectivity index (χ3v) is 5.06. The molecular formula is C22H24N2O3. The molecule has 3 aromatic rings. The molecule has 27 heavy (non-hydrogen) atoms. The van der Waals surface area contributed by atoms with Gasteiger partial charge in [-0.15, -0.1) is 0 Å². The van der Waals surface area contributed by atoms with E-state index in [0.717, 1.165) is 16.6 Å². The van der Waals surface area contributed by atoms with Crippen molar-refractivity contribution in [1.82, 2.24) is 4.57 Å². The molecule has 0 saturated heterocycles. The third kappa shape index (κ3) is 3.45. The van der Waals surface area contributed by atoms with Crippen LogP contribution >= 0.6 is 0 Å². The van der Waals surface area contributed by atoms with E-state index in [-0.39, 0.29) is 18.0 Å². The summed E-state index contributed by atoms with van der Waals surface area (Å²) in [5.41, 5.74) is 3.52. The first-order valence-electron chi connectivity index (χ1n) is 8.97. The predicted molar refractivity (Wildman–Crippen MR) is 108 cm³/mol. The van der Waals surface area contributed by atoms with Crippen molar-refractivity contribution in [2.75, 3.05) is 11.9 Å². The SMILES string of the molecule is CC(C)c1ccc(N(C)C(=O)Cc2c(C(=O)O)n(C)c3ccccc23)cc1. The number of anilines is 1. The van der Waals surface area contributed by atoms with Crippen LogP contribution in [0.25, 0.3) is 10.9 Å². The van der Waals surface area contributed by atoms with Crippen molar-refractivity contribution in [2.45, 2.75) is 26.2 Å². The Hall–Kier alpha value is -3.08. The van der Waals surface area contributed by atoms with Crippen LogP contribution in [0.15, 0.2) is 48.5 Å². The van der Waals surface area contributed by atoms with Gasteiger partial charge in [-0.2, -0.15) is 0 Å². The molecule has 3 rings (SSSR count). The molecule has 5 nitrogen and oxygen atoms in total. The van der Waals surface area contributed by atoms with Gasteiger partial charge in [0.05, 0.1) is 6.42 Å². The molecule has 2 aromatic carbocycles. The van der Waals surface area contributed by atoms with Crippen LogP contribution in [0, 0.1) is 0 Å². The van der Waals surface area contributed by atoms with Gasteiger partial charge in [-0.1, -0.05) is 44.2 Å². The summed E-state index contributed by atoms with van der Waals surface area (Å²) in [6.45, 7) is 4.25. The van der Waals surface area contributed by atoms with Crippen LogP contribution in [0.2, 0.25) is 0 Å². The molecule has 0 aliphatic heterocycles. The zero-order valence-electron chi connectivity index (χ0n) is 16.1. The summed E-state index contributed by atoms with van der Waals surface area (Å²) in [7, 11) is 3.44. The van der Waals surface area contributed by atoms with Gasteiger partial charge in [0.1, 0.15) is 5.69 Å². The van der Waals surface area contributed by atoms with Crippen LogP contribution in [-0.2, 0) is 18.3 Å². The van der Waals surface area contributed by atoms with E-state index in [9.17, 15) is 14.7 Å². The first-order chi connectivity index (χ1) is 12.8. The molecule has 0 fully saturated rings. The fraction of sp³-hybridized carbons (Fsp3) is 0.273. The summed E-state index contributed by atoms with van der Waals surface area (Å²) in [5, 5.41) is 10.5. The van der Waals surface area contributed by atoms with E-state index in [0.29, 0.717) is 11.5 Å². The Morgan fingerprint density at radius 1 is 1.07 bits per heavy atom. The zero-order valence-corrected chi connectivity index (χ0v) is 16.1. The second kappa shape index (κ2) is 7.27. The number of carboxylic acid groups (broad SMARTS) is 1. The lowest BCUT2D eigenvalue weighted by Crippen LogP contribution is -2.28. The lowest BCUT2D eigenvalue weighted by Gasteiger charge is -2.18. The number of aryl methyl sites for hydroxylation is 1. The van der Waals surface area contributed by atoms with Gasteiger partial charge in [0.25, 0.3) is 0 Å². The Balaban J connectivity index is 1.94. The van der Waals surface area contributed by atoms with Gasteiger partial charge in [-0.25, -0.2) is 4.79 Å². The average molecular weight is 364 g/mol. The van der Waals surface area contributed by atoms with E-state index in [2.05, 4.69) is 13.8 Å². The largest absolute Gasteiger partial charge is 0.477 e. The number of fused-ring (bicyclic) bond motifs is 1. The molecule has 0 radical (unpaired) electrons. The smallest absolute Gasteiger partial charge is 0.352 e. The second-order valence-corrected chi connectivity index (χ2v) is 7.08. The number of carboxylic acids is 1. The molecule has 1 N–H and O–H groups in total. The molecule has 0 saturated carbocycles. The van der Waals surface area contributed by atoms with E-state index in [1.807, 2.05) is 48.5 Å². The monoisotopic (exact) mass is 364 g/mol. The van der Waals surface area contributed by atoms with Crippen molar-refractivity contribution < 1.29 is 14.7 Å². The van der Waals surface area contributed by atoms with E-state index in [4.69, 9.17) is 0 Å². The van der Waals surface area contributed by atoms with Crippen LogP contribution in [0.3, 0.4) is 0 Å². The number of hydrogen-bond acceptors (Lipinski definition) is 2. The van der Waals surface area contributed by atoms with Gasteiger partial charge < -0.3 is 14.6 Å². The molecule has 1 amide bonds. The Morgan fingerprint density at radius 2 is 1.70 bits per heavy atom. The fourth-order valence-electron chi connectivity index (χ4n) is 3.42. The summed E-state index contributed by atoms with van der Waals surface area (Å²) in [6.07, 6.45) is 0.0332. The summed E-state index contributed by atoms with van der Waals surface area (Å²) in [6, 6.07) is 15.3. The Kier molecular flexibility index (Phi) is 5.04. The highest BCUT2D eigenvalue weighted by molar-refractivity contribution is 6.03. The third-order valence-electron chi connectivity index (χ3n) is 5.06. The lowest BCUT2D eigenvalue weighted by molar-refractivity contribution is -0.117. The van der Waals surface area contributed by atoms with Gasteiger partial charge in [-0.3, -0.25) is 4.79 Å².